The third kappa shape index (κ3) is 8.27. The predicted octanol–water partition coefficient (Wildman–Crippen LogP) is 17.1. The summed E-state index contributed by atoms with van der Waals surface area (Å²) in [4.78, 5) is 14.2. The average molecular weight is 1120 g/mol. The van der Waals surface area contributed by atoms with Gasteiger partial charge < -0.3 is 13.4 Å². The Balaban J connectivity index is 0.000000347. The van der Waals surface area contributed by atoms with Crippen molar-refractivity contribution in [1.29, 1.82) is 5.26 Å². The summed E-state index contributed by atoms with van der Waals surface area (Å²) in [5.41, 5.74) is 10.3. The van der Waals surface area contributed by atoms with Crippen LogP contribution < -0.4 is 0 Å². The van der Waals surface area contributed by atoms with E-state index in [-0.39, 0.29) is 76.0 Å². The van der Waals surface area contributed by atoms with Crippen LogP contribution in [0.2, 0.25) is 0 Å². The van der Waals surface area contributed by atoms with E-state index in [0.717, 1.165) is 61.3 Å². The molecule has 0 fully saturated rings. The molecule has 4 aromatic heterocycles. The van der Waals surface area contributed by atoms with Crippen molar-refractivity contribution in [2.24, 2.45) is 0 Å². The molecule has 0 aliphatic heterocycles. The van der Waals surface area contributed by atoms with Gasteiger partial charge in [0, 0.05) is 78.4 Å². The normalized spacial score (nSPS) is 13.4. The zero-order valence-corrected chi connectivity index (χ0v) is 43.3. The summed E-state index contributed by atoms with van der Waals surface area (Å²) in [6, 6.07) is 53.3. The minimum absolute atomic E-state index is 0. The number of benzene rings is 8. The Labute approximate surface area is 442 Å². The number of rotatable bonds is 6. The van der Waals surface area contributed by atoms with Crippen LogP contribution in [0.1, 0.15) is 102 Å². The van der Waals surface area contributed by atoms with E-state index in [9.17, 15) is 5.26 Å². The summed E-state index contributed by atoms with van der Waals surface area (Å²) in [5.74, 6) is 1.35. The van der Waals surface area contributed by atoms with Crippen LogP contribution in [-0.2, 0) is 25.5 Å². The number of hydrogen-bond acceptors (Lipinski definition) is 6. The maximum atomic E-state index is 9.60. The van der Waals surface area contributed by atoms with Gasteiger partial charge in [-0.05, 0) is 94.9 Å². The number of nitriles is 1. The molecular weight excluding hydrogens is 1060 g/mol. The SMILES string of the molecule is CC(C)(C)c1ccnc(-c2[c-]cccc2)n1.[2H]C([2H])([2H])c1c2oc3c(-c4nc5ccc6ccccc6c5n4-c4c(C(C)C)cc(-c5ccccc5)cc4C(C)C)[c-]cc(C([2H])([2H])[2H])c3c2cc2oc3cc(C#N)ccc3c12.[Ir]. The summed E-state index contributed by atoms with van der Waals surface area (Å²) in [7, 11) is 0. The van der Waals surface area contributed by atoms with E-state index in [1.807, 2.05) is 79.0 Å². The molecule has 0 bridgehead atoms. The molecule has 8 heteroatoms. The summed E-state index contributed by atoms with van der Waals surface area (Å²) >= 11 is 0. The molecule has 1 radical (unpaired) electrons. The third-order valence-electron chi connectivity index (χ3n) is 13.3. The fourth-order valence-electron chi connectivity index (χ4n) is 9.73. The van der Waals surface area contributed by atoms with Gasteiger partial charge in [-0.15, -0.1) is 53.6 Å². The van der Waals surface area contributed by atoms with Gasteiger partial charge in [-0.1, -0.05) is 127 Å². The van der Waals surface area contributed by atoms with E-state index >= 15 is 0 Å². The molecule has 0 amide bonds. The molecule has 8 aromatic carbocycles. The molecule has 0 aliphatic carbocycles. The van der Waals surface area contributed by atoms with E-state index in [0.29, 0.717) is 38.8 Å². The van der Waals surface area contributed by atoms with Crippen LogP contribution in [0.25, 0.3) is 105 Å². The minimum atomic E-state index is -2.72. The van der Waals surface area contributed by atoms with E-state index < -0.39 is 13.7 Å². The maximum absolute atomic E-state index is 9.60. The molecule has 72 heavy (non-hydrogen) atoms. The van der Waals surface area contributed by atoms with Gasteiger partial charge in [-0.25, -0.2) is 0 Å². The van der Waals surface area contributed by atoms with E-state index in [4.69, 9.17) is 22.0 Å². The van der Waals surface area contributed by atoms with Crippen LogP contribution in [0.4, 0.5) is 0 Å². The molecule has 7 nitrogen and oxygen atoms in total. The van der Waals surface area contributed by atoms with Crippen LogP contribution in [0.5, 0.6) is 0 Å². The molecule has 0 N–H and O–H groups in total. The number of hydrogen-bond donors (Lipinski definition) is 0. The summed E-state index contributed by atoms with van der Waals surface area (Å²) in [5, 5.41) is 12.9. The number of furan rings is 2. The topological polar surface area (TPSA) is 93.7 Å². The van der Waals surface area contributed by atoms with Crippen LogP contribution in [0.3, 0.4) is 0 Å². The summed E-state index contributed by atoms with van der Waals surface area (Å²) in [6.07, 6.45) is 1.81. The molecule has 0 aliphatic rings. The zero-order valence-electron chi connectivity index (χ0n) is 46.9. The summed E-state index contributed by atoms with van der Waals surface area (Å²) in [6.45, 7) is 9.82. The fourth-order valence-corrected chi connectivity index (χ4v) is 9.73. The molecular formula is C64H53IrN5O2-2. The van der Waals surface area contributed by atoms with Crippen molar-refractivity contribution < 1.29 is 37.2 Å². The van der Waals surface area contributed by atoms with Crippen molar-refractivity contribution in [3.8, 4) is 45.7 Å². The molecule has 357 valence electrons. The van der Waals surface area contributed by atoms with Crippen LogP contribution >= 0.6 is 0 Å². The second kappa shape index (κ2) is 18.8. The Morgan fingerprint density at radius 3 is 2.17 bits per heavy atom. The van der Waals surface area contributed by atoms with E-state index in [1.54, 1.807) is 24.3 Å². The van der Waals surface area contributed by atoms with Crippen molar-refractivity contribution >= 4 is 65.7 Å². The van der Waals surface area contributed by atoms with Crippen LogP contribution in [0.15, 0.2) is 155 Å². The molecule has 0 atom stereocenters. The molecule has 4 heterocycles. The second-order valence-corrected chi connectivity index (χ2v) is 19.7. The van der Waals surface area contributed by atoms with E-state index in [1.165, 1.54) is 6.07 Å². The third-order valence-corrected chi connectivity index (χ3v) is 13.3. The molecule has 0 saturated heterocycles. The van der Waals surface area contributed by atoms with Crippen molar-refractivity contribution in [2.75, 3.05) is 0 Å². The quantitative estimate of drug-likeness (QED) is 0.154. The van der Waals surface area contributed by atoms with E-state index in [2.05, 4.69) is 118 Å². The first-order chi connectivity index (χ1) is 36.7. The molecule has 12 rings (SSSR count). The predicted molar refractivity (Wildman–Crippen MR) is 290 cm³/mol. The van der Waals surface area contributed by atoms with Gasteiger partial charge in [-0.2, -0.15) is 5.26 Å². The van der Waals surface area contributed by atoms with Gasteiger partial charge >= 0.3 is 0 Å². The molecule has 0 spiro atoms. The Morgan fingerprint density at radius 1 is 0.694 bits per heavy atom. The van der Waals surface area contributed by atoms with Crippen molar-refractivity contribution in [3.05, 3.63) is 191 Å². The van der Waals surface area contributed by atoms with Crippen molar-refractivity contribution in [2.45, 2.75) is 79.4 Å². The smallest absolute Gasteiger partial charge is 0.136 e. The fraction of sp³-hybridized carbons (Fsp3) is 0.188. The Bertz CT molecular complexity index is 4280. The van der Waals surface area contributed by atoms with Gasteiger partial charge in [0.25, 0.3) is 0 Å². The molecule has 0 unspecified atom stereocenters. The minimum Gasteiger partial charge on any atom is -0.500 e. The zero-order chi connectivity index (χ0) is 54.3. The molecule has 0 saturated carbocycles. The Hall–Kier alpha value is -7.69. The number of nitrogens with zero attached hydrogens (tertiary/aromatic N) is 5. The second-order valence-electron chi connectivity index (χ2n) is 19.7. The first-order valence-corrected chi connectivity index (χ1v) is 23.9. The first-order valence-electron chi connectivity index (χ1n) is 26.9. The standard InChI is InChI=1S/C50H38N3O2.C14H15N2.Ir/c1-27(2)38-23-34(32-12-8-7-9-13-32)24-39(28(3)4)46(38)53-47-35-15-11-10-14-33(35)18-21-41(47)52-50(53)37-19-16-29(5)44-40-25-43-45(30(6)48(40)55-49(37)44)36-20-17-31(26-51)22-42(36)54-43;1-14(2,3)12-9-10-15-13(16-12)11-7-5-4-6-8-11;/h7-18,20-25,27-28H,1-6H3;4-7,9-10H,1-3H3;/q2*-1;/i5D3,6D3;;. The van der Waals surface area contributed by atoms with Crippen molar-refractivity contribution in [1.82, 2.24) is 19.5 Å². The van der Waals surface area contributed by atoms with Gasteiger partial charge in [0.1, 0.15) is 16.7 Å². The largest absolute Gasteiger partial charge is 0.500 e. The first kappa shape index (κ1) is 41.0. The monoisotopic (exact) mass is 1120 g/mol. The number of fused-ring (bicyclic) bond motifs is 9. The van der Waals surface area contributed by atoms with Gasteiger partial charge in [0.2, 0.25) is 0 Å². The van der Waals surface area contributed by atoms with Crippen LogP contribution in [-0.4, -0.2) is 19.5 Å². The number of aryl methyl sites for hydroxylation is 2. The van der Waals surface area contributed by atoms with Crippen molar-refractivity contribution in [3.63, 3.8) is 0 Å². The maximum Gasteiger partial charge on any atom is 0.136 e. The Morgan fingerprint density at radius 2 is 1.46 bits per heavy atom. The average Bonchev–Trinajstić information content (AvgIpc) is 4.32. The van der Waals surface area contributed by atoms with Crippen LogP contribution in [0, 0.1) is 37.2 Å². The van der Waals surface area contributed by atoms with Gasteiger partial charge in [-0.3, -0.25) is 15.0 Å². The molecule has 12 aromatic rings. The van der Waals surface area contributed by atoms with Gasteiger partial charge in [0.15, 0.2) is 0 Å². The number of imidazole rings is 1. The Kier molecular flexibility index (Phi) is 10.7. The number of aromatic nitrogens is 4. The summed E-state index contributed by atoms with van der Waals surface area (Å²) < 4.78 is 67.9. The van der Waals surface area contributed by atoms with Gasteiger partial charge in [0.05, 0.1) is 39.9 Å².